The second kappa shape index (κ2) is 12.9. The van der Waals surface area contributed by atoms with E-state index in [2.05, 4.69) is 15.3 Å². The quantitative estimate of drug-likeness (QED) is 0.208. The number of halogens is 3. The number of alkyl halides is 1. The van der Waals surface area contributed by atoms with Crippen LogP contribution in [0.25, 0.3) is 33.2 Å². The molecule has 3 atom stereocenters. The molecular formula is C34H30ClF2N5O4. The second-order valence-electron chi connectivity index (χ2n) is 11.1. The average molecular weight is 646 g/mol. The molecule has 0 radical (unpaired) electrons. The average Bonchev–Trinajstić information content (AvgIpc) is 3.63. The molecule has 6 rings (SSSR count). The van der Waals surface area contributed by atoms with Gasteiger partial charge in [0.1, 0.15) is 18.8 Å². The molecule has 46 heavy (non-hydrogen) atoms. The number of hydrogen-bond donors (Lipinski definition) is 2. The number of amides is 2. The fourth-order valence-corrected chi connectivity index (χ4v) is 6.05. The molecular weight excluding hydrogens is 616 g/mol. The van der Waals surface area contributed by atoms with E-state index in [-0.39, 0.29) is 36.8 Å². The zero-order valence-electron chi connectivity index (χ0n) is 25.0. The predicted molar refractivity (Wildman–Crippen MR) is 171 cm³/mol. The first kappa shape index (κ1) is 31.1. The molecule has 2 aromatic heterocycles. The van der Waals surface area contributed by atoms with Crippen LogP contribution in [0.2, 0.25) is 5.02 Å². The number of ether oxygens (including phenoxy) is 1. The van der Waals surface area contributed by atoms with Crippen LogP contribution >= 0.6 is 11.6 Å². The van der Waals surface area contributed by atoms with Crippen LogP contribution in [0.4, 0.5) is 14.5 Å². The molecule has 2 N–H and O–H groups in total. The number of anilines is 1. The highest BCUT2D eigenvalue weighted by Gasteiger charge is 2.40. The van der Waals surface area contributed by atoms with E-state index < -0.39 is 35.9 Å². The number of rotatable bonds is 8. The molecule has 3 heterocycles. The third-order valence-corrected chi connectivity index (χ3v) is 8.43. The number of nitrogens with one attached hydrogen (secondary N) is 1. The number of carbonyl (C=O) groups is 2. The van der Waals surface area contributed by atoms with E-state index in [0.717, 1.165) is 11.1 Å². The summed E-state index contributed by atoms with van der Waals surface area (Å²) >= 11 is 6.27. The Morgan fingerprint density at radius 3 is 2.54 bits per heavy atom. The van der Waals surface area contributed by atoms with Gasteiger partial charge in [0.2, 0.25) is 11.8 Å². The molecule has 1 saturated heterocycles. The van der Waals surface area contributed by atoms with Gasteiger partial charge in [-0.05, 0) is 36.8 Å². The number of likely N-dealkylation sites (tertiary alicyclic amines) is 1. The van der Waals surface area contributed by atoms with Crippen LogP contribution in [0.1, 0.15) is 25.0 Å². The number of nitrogens with zero attached hydrogens (tertiary/aromatic N) is 4. The summed E-state index contributed by atoms with van der Waals surface area (Å²) in [7, 11) is 1.48. The Labute approximate surface area is 268 Å². The minimum atomic E-state index is -1.43. The molecule has 0 spiro atoms. The lowest BCUT2D eigenvalue weighted by atomic mass is 10.0. The first-order chi connectivity index (χ1) is 22.1. The molecule has 12 heteroatoms. The molecule has 9 nitrogen and oxygen atoms in total. The number of hydrogen-bond acceptors (Lipinski definition) is 6. The van der Waals surface area contributed by atoms with Crippen molar-refractivity contribution in [2.24, 2.45) is 0 Å². The van der Waals surface area contributed by atoms with Crippen LogP contribution in [0.3, 0.4) is 0 Å². The molecule has 1 aliphatic rings. The molecule has 0 saturated carbocycles. The molecule has 0 aliphatic carbocycles. The Balaban J connectivity index is 1.24. The van der Waals surface area contributed by atoms with Crippen LogP contribution in [0, 0.1) is 5.82 Å². The third kappa shape index (κ3) is 6.03. The lowest BCUT2D eigenvalue weighted by Gasteiger charge is -2.24. The maximum absolute atomic E-state index is 15.5. The summed E-state index contributed by atoms with van der Waals surface area (Å²) in [5.41, 5.74) is 3.33. The summed E-state index contributed by atoms with van der Waals surface area (Å²) in [6.07, 6.45) is 2.43. The molecule has 1 unspecified atom stereocenters. The monoisotopic (exact) mass is 645 g/mol. The number of benzene rings is 3. The molecule has 0 bridgehead atoms. The highest BCUT2D eigenvalue weighted by molar-refractivity contribution is 6.33. The summed E-state index contributed by atoms with van der Waals surface area (Å²) in [6.45, 7) is 1.14. The van der Waals surface area contributed by atoms with Crippen molar-refractivity contribution in [3.63, 3.8) is 0 Å². The number of aliphatic hydroxyl groups excluding tert-OH is 1. The van der Waals surface area contributed by atoms with Crippen molar-refractivity contribution >= 4 is 40.0 Å². The zero-order valence-corrected chi connectivity index (χ0v) is 25.7. The number of methoxy groups -OCH3 is 1. The molecule has 5 aromatic rings. The van der Waals surface area contributed by atoms with Gasteiger partial charge in [-0.2, -0.15) is 0 Å². The van der Waals surface area contributed by atoms with E-state index >= 15 is 4.39 Å². The van der Waals surface area contributed by atoms with Gasteiger partial charge in [-0.1, -0.05) is 48.0 Å². The normalized spacial score (nSPS) is 16.9. The van der Waals surface area contributed by atoms with Crippen molar-refractivity contribution in [2.75, 3.05) is 19.0 Å². The van der Waals surface area contributed by atoms with Crippen LogP contribution in [-0.2, 0) is 16.1 Å². The first-order valence-electron chi connectivity index (χ1n) is 14.6. The van der Waals surface area contributed by atoms with Gasteiger partial charge in [-0.25, -0.2) is 18.7 Å². The van der Waals surface area contributed by atoms with Gasteiger partial charge in [0.15, 0.2) is 5.82 Å². The van der Waals surface area contributed by atoms with Gasteiger partial charge in [-0.3, -0.25) is 9.59 Å². The SMILES string of the molecule is COc1ncc(-c2ccc3c(c2)c(C(C)O)cn3CC(=O)N2C[C@H](F)C[C@H]2C(=O)Nc2cccc(-c3ccccc3Cl)c2F)cn1. The third-order valence-electron chi connectivity index (χ3n) is 8.11. The first-order valence-corrected chi connectivity index (χ1v) is 15.0. The Bertz CT molecular complexity index is 1930. The lowest BCUT2D eigenvalue weighted by molar-refractivity contribution is -0.137. The molecule has 236 valence electrons. The van der Waals surface area contributed by atoms with E-state index in [4.69, 9.17) is 16.3 Å². The van der Waals surface area contributed by atoms with Crippen molar-refractivity contribution in [3.8, 4) is 28.3 Å². The van der Waals surface area contributed by atoms with E-state index in [1.165, 1.54) is 18.1 Å². The predicted octanol–water partition coefficient (Wildman–Crippen LogP) is 6.20. The summed E-state index contributed by atoms with van der Waals surface area (Å²) in [6, 6.07) is 15.9. The number of aliphatic hydroxyl groups is 1. The topological polar surface area (TPSA) is 110 Å². The maximum atomic E-state index is 15.5. The van der Waals surface area contributed by atoms with Crippen LogP contribution in [-0.4, -0.2) is 62.2 Å². The lowest BCUT2D eigenvalue weighted by Crippen LogP contribution is -2.44. The zero-order chi connectivity index (χ0) is 32.5. The van der Waals surface area contributed by atoms with Gasteiger partial charge in [0.05, 0.1) is 25.4 Å². The van der Waals surface area contributed by atoms with E-state index in [9.17, 15) is 19.1 Å². The fourth-order valence-electron chi connectivity index (χ4n) is 5.82. The highest BCUT2D eigenvalue weighted by Crippen LogP contribution is 2.34. The number of aromatic nitrogens is 3. The van der Waals surface area contributed by atoms with Crippen molar-refractivity contribution < 1.29 is 28.2 Å². The largest absolute Gasteiger partial charge is 0.467 e. The summed E-state index contributed by atoms with van der Waals surface area (Å²) in [4.78, 5) is 36.5. The van der Waals surface area contributed by atoms with Gasteiger partial charge in [-0.15, -0.1) is 0 Å². The van der Waals surface area contributed by atoms with E-state index in [0.29, 0.717) is 27.1 Å². The van der Waals surface area contributed by atoms with Gasteiger partial charge < -0.3 is 24.6 Å². The summed E-state index contributed by atoms with van der Waals surface area (Å²) < 4.78 is 37.0. The standard InChI is InChI=1S/C34H30ClF2N5O4/c1-19(43)26-17-41(29-11-10-20(12-25(26)29)21-14-38-34(46-2)39-15-21)18-31(44)42-16-22(36)13-30(42)33(45)40-28-9-5-7-24(32(28)37)23-6-3-4-8-27(23)35/h3-12,14-15,17,19,22,30,43H,13,16,18H2,1-2H3,(H,40,45)/t19?,22-,30+/m1/s1. The molecule has 2 amide bonds. The van der Waals surface area contributed by atoms with Crippen LogP contribution in [0.15, 0.2) is 79.3 Å². The van der Waals surface area contributed by atoms with Crippen molar-refractivity contribution in [1.29, 1.82) is 0 Å². The Hall–Kier alpha value is -4.87. The van der Waals surface area contributed by atoms with Crippen molar-refractivity contribution in [1.82, 2.24) is 19.4 Å². The summed E-state index contributed by atoms with van der Waals surface area (Å²) in [5, 5.41) is 14.2. The Morgan fingerprint density at radius 2 is 1.83 bits per heavy atom. The highest BCUT2D eigenvalue weighted by atomic mass is 35.5. The maximum Gasteiger partial charge on any atom is 0.316 e. The molecule has 1 aliphatic heterocycles. The minimum absolute atomic E-state index is 0.104. The Kier molecular flexibility index (Phi) is 8.70. The van der Waals surface area contributed by atoms with Crippen LogP contribution < -0.4 is 10.1 Å². The minimum Gasteiger partial charge on any atom is -0.467 e. The number of carbonyl (C=O) groups excluding carboxylic acids is 2. The number of fused-ring (bicyclic) bond motifs is 1. The van der Waals surface area contributed by atoms with Gasteiger partial charge >= 0.3 is 6.01 Å². The second-order valence-corrected chi connectivity index (χ2v) is 11.5. The fraction of sp³-hybridized carbons (Fsp3) is 0.235. The van der Waals surface area contributed by atoms with E-state index in [1.54, 1.807) is 66.5 Å². The van der Waals surface area contributed by atoms with E-state index in [1.807, 2.05) is 18.2 Å². The Morgan fingerprint density at radius 1 is 1.09 bits per heavy atom. The summed E-state index contributed by atoms with van der Waals surface area (Å²) in [5.74, 6) is -1.88. The van der Waals surface area contributed by atoms with Crippen molar-refractivity contribution in [3.05, 3.63) is 95.7 Å². The molecule has 1 fully saturated rings. The van der Waals surface area contributed by atoms with Crippen LogP contribution in [0.5, 0.6) is 6.01 Å². The van der Waals surface area contributed by atoms with Crippen molar-refractivity contribution in [2.45, 2.75) is 38.2 Å². The smallest absolute Gasteiger partial charge is 0.316 e. The van der Waals surface area contributed by atoms with Gasteiger partial charge in [0.25, 0.3) is 0 Å². The van der Waals surface area contributed by atoms with Gasteiger partial charge in [0, 0.05) is 63.2 Å². The molecule has 3 aromatic carbocycles.